The lowest BCUT2D eigenvalue weighted by Gasteiger charge is -2.51. The van der Waals surface area contributed by atoms with Gasteiger partial charge in [0.1, 0.15) is 0 Å². The van der Waals surface area contributed by atoms with Crippen LogP contribution in [0.15, 0.2) is 28.7 Å². The Balaban J connectivity index is 2.42. The Morgan fingerprint density at radius 3 is 2.28 bits per heavy atom. The van der Waals surface area contributed by atoms with Crippen LogP contribution < -0.4 is 0 Å². The van der Waals surface area contributed by atoms with Gasteiger partial charge in [0.15, 0.2) is 0 Å². The molecular weight excluding hydrogens is 296 g/mol. The summed E-state index contributed by atoms with van der Waals surface area (Å²) in [5.41, 5.74) is 0.224. The monoisotopic (exact) mass is 312 g/mol. The average molecular weight is 313 g/mol. The molecule has 0 N–H and O–H groups in total. The molecule has 2 rings (SSSR count). The summed E-state index contributed by atoms with van der Waals surface area (Å²) in [6, 6.07) is 8.06. The summed E-state index contributed by atoms with van der Waals surface area (Å²) in [5, 5.41) is 0. The van der Waals surface area contributed by atoms with Gasteiger partial charge in [-0.2, -0.15) is 0 Å². The van der Waals surface area contributed by atoms with Crippen molar-refractivity contribution in [3.05, 3.63) is 34.3 Å². The van der Waals surface area contributed by atoms with Crippen LogP contribution in [0.1, 0.15) is 19.4 Å². The van der Waals surface area contributed by atoms with Crippen molar-refractivity contribution in [2.45, 2.75) is 19.3 Å². The van der Waals surface area contributed by atoms with E-state index >= 15 is 0 Å². The molecule has 0 bridgehead atoms. The van der Waals surface area contributed by atoms with Gasteiger partial charge >= 0.3 is 5.97 Å². The lowest BCUT2D eigenvalue weighted by molar-refractivity contribution is -0.174. The first-order valence-electron chi connectivity index (χ1n) is 5.86. The Kier molecular flexibility index (Phi) is 3.52. The molecule has 1 aromatic rings. The summed E-state index contributed by atoms with van der Waals surface area (Å²) in [4.78, 5) is 12.0. The second-order valence-corrected chi connectivity index (χ2v) is 6.11. The number of rotatable bonds is 3. The van der Waals surface area contributed by atoms with Crippen molar-refractivity contribution in [3.8, 4) is 0 Å². The number of hydrogen-bond acceptors (Lipinski definition) is 3. The van der Waals surface area contributed by atoms with Crippen molar-refractivity contribution in [1.29, 1.82) is 0 Å². The average Bonchev–Trinajstić information content (AvgIpc) is 2.28. The molecule has 0 aliphatic carbocycles. The van der Waals surface area contributed by atoms with Crippen LogP contribution in [-0.4, -0.2) is 26.3 Å². The minimum Gasteiger partial charge on any atom is -0.469 e. The molecule has 1 saturated heterocycles. The van der Waals surface area contributed by atoms with E-state index in [0.29, 0.717) is 13.2 Å². The normalized spacial score (nSPS) is 18.0. The maximum Gasteiger partial charge on any atom is 0.312 e. The first kappa shape index (κ1) is 13.6. The van der Waals surface area contributed by atoms with Gasteiger partial charge in [-0.05, 0) is 31.5 Å². The van der Waals surface area contributed by atoms with Crippen LogP contribution in [0.2, 0.25) is 0 Å². The molecule has 4 heteroatoms. The third-order valence-corrected chi connectivity index (χ3v) is 4.51. The third kappa shape index (κ3) is 1.88. The Bertz CT molecular complexity index is 447. The molecule has 0 amide bonds. The molecule has 0 saturated carbocycles. The molecule has 1 heterocycles. The molecule has 1 aliphatic rings. The van der Waals surface area contributed by atoms with Crippen molar-refractivity contribution in [2.75, 3.05) is 20.3 Å². The molecule has 1 fully saturated rings. The summed E-state index contributed by atoms with van der Waals surface area (Å²) in [7, 11) is 1.43. The highest BCUT2D eigenvalue weighted by Gasteiger charge is 2.56. The second kappa shape index (κ2) is 4.67. The number of esters is 1. The van der Waals surface area contributed by atoms with Gasteiger partial charge in [0, 0.05) is 4.47 Å². The van der Waals surface area contributed by atoms with E-state index < -0.39 is 5.41 Å². The molecular formula is C14H17BrO3. The zero-order chi connectivity index (χ0) is 13.4. The van der Waals surface area contributed by atoms with Gasteiger partial charge in [-0.15, -0.1) is 0 Å². The van der Waals surface area contributed by atoms with Crippen molar-refractivity contribution in [3.63, 3.8) is 0 Å². The Hall–Kier alpha value is -0.870. The van der Waals surface area contributed by atoms with E-state index in [4.69, 9.17) is 9.47 Å². The largest absolute Gasteiger partial charge is 0.469 e. The molecule has 0 unspecified atom stereocenters. The number of ether oxygens (including phenoxy) is 2. The number of halogens is 1. The summed E-state index contributed by atoms with van der Waals surface area (Å²) < 4.78 is 11.3. The first-order valence-corrected chi connectivity index (χ1v) is 6.65. The fourth-order valence-electron chi connectivity index (χ4n) is 2.41. The van der Waals surface area contributed by atoms with Crippen molar-refractivity contribution in [1.82, 2.24) is 0 Å². The molecule has 98 valence electrons. The number of carbonyl (C=O) groups excluding carboxylic acids is 1. The summed E-state index contributed by atoms with van der Waals surface area (Å²) in [6.45, 7) is 4.94. The number of methoxy groups -OCH3 is 1. The SMILES string of the molecule is COC(=O)C(C)(C)C1(c2ccc(Br)cc2)COC1. The van der Waals surface area contributed by atoms with E-state index in [1.807, 2.05) is 38.1 Å². The van der Waals surface area contributed by atoms with E-state index in [1.54, 1.807) is 0 Å². The number of hydrogen-bond donors (Lipinski definition) is 0. The quantitative estimate of drug-likeness (QED) is 0.805. The predicted octanol–water partition coefficient (Wildman–Crippen LogP) is 2.92. The van der Waals surface area contributed by atoms with Gasteiger partial charge in [-0.3, -0.25) is 4.79 Å². The van der Waals surface area contributed by atoms with Crippen LogP contribution >= 0.6 is 15.9 Å². The molecule has 0 atom stereocenters. The lowest BCUT2D eigenvalue weighted by Crippen LogP contribution is -2.60. The smallest absolute Gasteiger partial charge is 0.312 e. The van der Waals surface area contributed by atoms with Crippen LogP contribution in [0.3, 0.4) is 0 Å². The molecule has 0 radical (unpaired) electrons. The Morgan fingerprint density at radius 1 is 1.33 bits per heavy atom. The van der Waals surface area contributed by atoms with E-state index in [1.165, 1.54) is 7.11 Å². The van der Waals surface area contributed by atoms with Crippen LogP contribution in [0.5, 0.6) is 0 Å². The second-order valence-electron chi connectivity index (χ2n) is 5.20. The van der Waals surface area contributed by atoms with E-state index in [-0.39, 0.29) is 11.4 Å². The zero-order valence-electron chi connectivity index (χ0n) is 10.8. The minimum atomic E-state index is -0.603. The van der Waals surface area contributed by atoms with Crippen LogP contribution in [0, 0.1) is 5.41 Å². The van der Waals surface area contributed by atoms with Crippen molar-refractivity contribution >= 4 is 21.9 Å². The highest BCUT2D eigenvalue weighted by molar-refractivity contribution is 9.10. The molecule has 1 aliphatic heterocycles. The van der Waals surface area contributed by atoms with Crippen LogP contribution in [-0.2, 0) is 19.7 Å². The maximum absolute atomic E-state index is 12.0. The highest BCUT2D eigenvalue weighted by atomic mass is 79.9. The zero-order valence-corrected chi connectivity index (χ0v) is 12.4. The van der Waals surface area contributed by atoms with Gasteiger partial charge in [0.05, 0.1) is 31.2 Å². The molecule has 1 aromatic carbocycles. The van der Waals surface area contributed by atoms with Crippen LogP contribution in [0.25, 0.3) is 0 Å². The Morgan fingerprint density at radius 2 is 1.89 bits per heavy atom. The molecule has 3 nitrogen and oxygen atoms in total. The van der Waals surface area contributed by atoms with Gasteiger partial charge in [-0.1, -0.05) is 28.1 Å². The van der Waals surface area contributed by atoms with E-state index in [2.05, 4.69) is 15.9 Å². The predicted molar refractivity (Wildman–Crippen MR) is 72.4 cm³/mol. The first-order chi connectivity index (χ1) is 8.44. The standard InChI is InChI=1S/C14H17BrO3/c1-13(2,12(16)17-3)14(8-18-9-14)10-4-6-11(15)7-5-10/h4-7H,8-9H2,1-3H3. The topological polar surface area (TPSA) is 35.5 Å². The minimum absolute atomic E-state index is 0.200. The molecule has 18 heavy (non-hydrogen) atoms. The summed E-state index contributed by atoms with van der Waals surface area (Å²) >= 11 is 3.42. The van der Waals surface area contributed by atoms with E-state index in [0.717, 1.165) is 10.0 Å². The highest BCUT2D eigenvalue weighted by Crippen LogP contribution is 2.48. The summed E-state index contributed by atoms with van der Waals surface area (Å²) in [5.74, 6) is -0.200. The lowest BCUT2D eigenvalue weighted by atomic mass is 9.60. The summed E-state index contributed by atoms with van der Waals surface area (Å²) in [6.07, 6.45) is 0. The molecule has 0 spiro atoms. The maximum atomic E-state index is 12.0. The fourth-order valence-corrected chi connectivity index (χ4v) is 2.68. The van der Waals surface area contributed by atoms with Crippen LogP contribution in [0.4, 0.5) is 0 Å². The molecule has 0 aromatic heterocycles. The number of carbonyl (C=O) groups is 1. The van der Waals surface area contributed by atoms with Gasteiger partial charge < -0.3 is 9.47 Å². The third-order valence-electron chi connectivity index (χ3n) is 3.99. The Labute approximate surface area is 116 Å². The van der Waals surface area contributed by atoms with Gasteiger partial charge in [0.25, 0.3) is 0 Å². The van der Waals surface area contributed by atoms with E-state index in [9.17, 15) is 4.79 Å². The van der Waals surface area contributed by atoms with Crippen molar-refractivity contribution in [2.24, 2.45) is 5.41 Å². The number of benzene rings is 1. The fraction of sp³-hybridized carbons (Fsp3) is 0.500. The van der Waals surface area contributed by atoms with Crippen molar-refractivity contribution < 1.29 is 14.3 Å². The van der Waals surface area contributed by atoms with Gasteiger partial charge in [-0.25, -0.2) is 0 Å². The van der Waals surface area contributed by atoms with Gasteiger partial charge in [0.2, 0.25) is 0 Å².